The number of piperazine rings is 1. The van der Waals surface area contributed by atoms with Crippen LogP contribution in [0, 0.1) is 0 Å². The highest BCUT2D eigenvalue weighted by molar-refractivity contribution is 5.97. The van der Waals surface area contributed by atoms with E-state index in [1.807, 2.05) is 30.3 Å². The molecule has 1 aliphatic heterocycles. The second-order valence-corrected chi connectivity index (χ2v) is 7.68. The largest absolute Gasteiger partial charge is 0.441 e. The zero-order valence-electron chi connectivity index (χ0n) is 16.9. The molecule has 0 saturated carbocycles. The Balaban J connectivity index is 1.31. The van der Waals surface area contributed by atoms with Gasteiger partial charge in [-0.15, -0.1) is 0 Å². The number of hydrogen-bond donors (Lipinski definition) is 1. The van der Waals surface area contributed by atoms with Gasteiger partial charge in [0.05, 0.1) is 0 Å². The maximum atomic E-state index is 12.5. The van der Waals surface area contributed by atoms with Crippen LogP contribution >= 0.6 is 0 Å². The fourth-order valence-electron chi connectivity index (χ4n) is 3.62. The van der Waals surface area contributed by atoms with Gasteiger partial charge in [0, 0.05) is 51.3 Å². The van der Waals surface area contributed by atoms with Crippen LogP contribution in [0.3, 0.4) is 0 Å². The average molecular weight is 393 g/mol. The number of rotatable bonds is 7. The van der Waals surface area contributed by atoms with Gasteiger partial charge in [0.2, 0.25) is 0 Å². The lowest BCUT2D eigenvalue weighted by molar-refractivity contribution is 0.0941. The summed E-state index contributed by atoms with van der Waals surface area (Å²) < 4.78 is 5.89. The van der Waals surface area contributed by atoms with Crippen LogP contribution in [0.2, 0.25) is 0 Å². The Morgan fingerprint density at radius 3 is 2.66 bits per heavy atom. The van der Waals surface area contributed by atoms with Crippen LogP contribution < -0.4 is 5.32 Å². The lowest BCUT2D eigenvalue weighted by Crippen LogP contribution is -2.46. The van der Waals surface area contributed by atoms with Crippen molar-refractivity contribution in [1.82, 2.24) is 20.1 Å². The molecule has 6 nitrogen and oxygen atoms in total. The Morgan fingerprint density at radius 1 is 1.07 bits per heavy atom. The van der Waals surface area contributed by atoms with E-state index in [9.17, 15) is 4.79 Å². The molecule has 2 aromatic carbocycles. The second-order valence-electron chi connectivity index (χ2n) is 7.68. The predicted molar refractivity (Wildman–Crippen MR) is 114 cm³/mol. The number of oxazole rings is 1. The molecule has 0 atom stereocenters. The van der Waals surface area contributed by atoms with Crippen LogP contribution in [0.25, 0.3) is 11.1 Å². The molecule has 1 amide bonds. The minimum atomic E-state index is -0.0664. The minimum absolute atomic E-state index is 0.0664. The number of benzene rings is 2. The fraction of sp³-hybridized carbons (Fsp3) is 0.391. The molecule has 152 valence electrons. The molecule has 4 rings (SSSR count). The molecule has 1 aromatic heterocycles. The van der Waals surface area contributed by atoms with Crippen LogP contribution in [-0.4, -0.2) is 67.0 Å². The van der Waals surface area contributed by atoms with Crippen molar-refractivity contribution in [3.05, 3.63) is 65.5 Å². The van der Waals surface area contributed by atoms with Crippen LogP contribution in [0.15, 0.2) is 52.9 Å². The van der Waals surface area contributed by atoms with E-state index >= 15 is 0 Å². The summed E-state index contributed by atoms with van der Waals surface area (Å²) in [7, 11) is 2.14. The second kappa shape index (κ2) is 9.20. The molecule has 0 radical (unpaired) electrons. The highest BCUT2D eigenvalue weighted by Gasteiger charge is 2.14. The molecule has 0 spiro atoms. The first-order chi connectivity index (χ1) is 14.2. The quantitative estimate of drug-likeness (QED) is 0.670. The first kappa shape index (κ1) is 19.6. The number of aromatic nitrogens is 1. The van der Waals surface area contributed by atoms with Crippen LogP contribution in [0.5, 0.6) is 0 Å². The van der Waals surface area contributed by atoms with E-state index in [1.165, 1.54) is 5.56 Å². The topological polar surface area (TPSA) is 61.6 Å². The normalized spacial score (nSPS) is 15.6. The van der Waals surface area contributed by atoms with Gasteiger partial charge in [-0.25, -0.2) is 4.98 Å². The van der Waals surface area contributed by atoms with Crippen molar-refractivity contribution in [3.63, 3.8) is 0 Å². The van der Waals surface area contributed by atoms with Crippen LogP contribution in [0.4, 0.5) is 0 Å². The van der Waals surface area contributed by atoms with Gasteiger partial charge in [-0.2, -0.15) is 0 Å². The number of amides is 1. The first-order valence-corrected chi connectivity index (χ1v) is 10.3. The molecule has 3 aromatic rings. The van der Waals surface area contributed by atoms with Crippen molar-refractivity contribution in [3.8, 4) is 0 Å². The molecule has 1 saturated heterocycles. The molecule has 6 heteroatoms. The van der Waals surface area contributed by atoms with E-state index in [1.54, 1.807) is 6.07 Å². The number of likely N-dealkylation sites (N-methyl/N-ethyl adjacent to an activating group) is 1. The number of nitrogens with one attached hydrogen (secondary N) is 1. The number of carbonyl (C=O) groups excluding carboxylic acids is 1. The van der Waals surface area contributed by atoms with Gasteiger partial charge in [-0.1, -0.05) is 30.3 Å². The van der Waals surface area contributed by atoms with Crippen molar-refractivity contribution in [1.29, 1.82) is 0 Å². The third kappa shape index (κ3) is 5.22. The van der Waals surface area contributed by atoms with E-state index in [2.05, 4.69) is 39.3 Å². The molecule has 1 N–H and O–H groups in total. The number of fused-ring (bicyclic) bond motifs is 1. The Hall–Kier alpha value is -2.70. The summed E-state index contributed by atoms with van der Waals surface area (Å²) in [5, 5.41) is 3.02. The van der Waals surface area contributed by atoms with Gasteiger partial charge in [0.1, 0.15) is 5.52 Å². The number of aryl methyl sites for hydroxylation is 2. The standard InChI is InChI=1S/C23H28N4O2/c1-26-13-15-27(16-14-26)12-11-24-23(28)19-8-9-20-21(17-19)29-22(25-20)10-7-18-5-3-2-4-6-18/h2-6,8-9,17H,7,10-16H2,1H3,(H,24,28). The summed E-state index contributed by atoms with van der Waals surface area (Å²) in [4.78, 5) is 21.8. The zero-order chi connectivity index (χ0) is 20.1. The van der Waals surface area contributed by atoms with E-state index in [0.29, 0.717) is 23.6 Å². The van der Waals surface area contributed by atoms with Crippen molar-refractivity contribution in [2.45, 2.75) is 12.8 Å². The summed E-state index contributed by atoms with van der Waals surface area (Å²) in [6.07, 6.45) is 1.62. The molecular formula is C23H28N4O2. The lowest BCUT2D eigenvalue weighted by atomic mass is 10.1. The number of carbonyl (C=O) groups is 1. The van der Waals surface area contributed by atoms with Crippen LogP contribution in [-0.2, 0) is 12.8 Å². The molecule has 29 heavy (non-hydrogen) atoms. The molecule has 1 fully saturated rings. The van der Waals surface area contributed by atoms with Gasteiger partial charge in [0.15, 0.2) is 11.5 Å². The third-order valence-corrected chi connectivity index (χ3v) is 5.47. The highest BCUT2D eigenvalue weighted by atomic mass is 16.3. The maximum absolute atomic E-state index is 12.5. The Morgan fingerprint density at radius 2 is 1.86 bits per heavy atom. The van der Waals surface area contributed by atoms with Gasteiger partial charge in [0.25, 0.3) is 5.91 Å². The SMILES string of the molecule is CN1CCN(CCNC(=O)c2ccc3nc(CCc4ccccc4)oc3c2)CC1. The lowest BCUT2D eigenvalue weighted by Gasteiger charge is -2.32. The Labute approximate surface area is 171 Å². The number of hydrogen-bond acceptors (Lipinski definition) is 5. The van der Waals surface area contributed by atoms with E-state index in [-0.39, 0.29) is 5.91 Å². The zero-order valence-corrected chi connectivity index (χ0v) is 16.9. The summed E-state index contributed by atoms with van der Waals surface area (Å²) in [6, 6.07) is 15.8. The van der Waals surface area contributed by atoms with E-state index in [4.69, 9.17) is 4.42 Å². The average Bonchev–Trinajstić information content (AvgIpc) is 3.16. The van der Waals surface area contributed by atoms with Gasteiger partial charge >= 0.3 is 0 Å². The molecule has 2 heterocycles. The van der Waals surface area contributed by atoms with Crippen LogP contribution in [0.1, 0.15) is 21.8 Å². The van der Waals surface area contributed by atoms with E-state index in [0.717, 1.165) is 51.1 Å². The van der Waals surface area contributed by atoms with Crippen molar-refractivity contribution < 1.29 is 9.21 Å². The Bertz CT molecular complexity index is 946. The highest BCUT2D eigenvalue weighted by Crippen LogP contribution is 2.18. The van der Waals surface area contributed by atoms with Crippen molar-refractivity contribution >= 4 is 17.0 Å². The Kier molecular flexibility index (Phi) is 6.22. The molecule has 1 aliphatic rings. The van der Waals surface area contributed by atoms with Crippen molar-refractivity contribution in [2.24, 2.45) is 0 Å². The maximum Gasteiger partial charge on any atom is 0.251 e. The smallest absolute Gasteiger partial charge is 0.251 e. The summed E-state index contributed by atoms with van der Waals surface area (Å²) in [5.74, 6) is 0.639. The van der Waals surface area contributed by atoms with Gasteiger partial charge < -0.3 is 14.6 Å². The fourth-order valence-corrected chi connectivity index (χ4v) is 3.62. The monoisotopic (exact) mass is 392 g/mol. The summed E-state index contributed by atoms with van der Waals surface area (Å²) in [5.41, 5.74) is 3.33. The summed E-state index contributed by atoms with van der Waals surface area (Å²) >= 11 is 0. The molecule has 0 aliphatic carbocycles. The van der Waals surface area contributed by atoms with Gasteiger partial charge in [-0.05, 0) is 37.2 Å². The minimum Gasteiger partial charge on any atom is -0.441 e. The van der Waals surface area contributed by atoms with E-state index < -0.39 is 0 Å². The summed E-state index contributed by atoms with van der Waals surface area (Å²) in [6.45, 7) is 5.82. The van der Waals surface area contributed by atoms with Gasteiger partial charge in [-0.3, -0.25) is 9.69 Å². The molecular weight excluding hydrogens is 364 g/mol. The van der Waals surface area contributed by atoms with Crippen molar-refractivity contribution in [2.75, 3.05) is 46.3 Å². The third-order valence-electron chi connectivity index (χ3n) is 5.47. The number of nitrogens with zero attached hydrogens (tertiary/aromatic N) is 3. The molecule has 0 bridgehead atoms. The first-order valence-electron chi connectivity index (χ1n) is 10.3. The molecule has 0 unspecified atom stereocenters. The predicted octanol–water partition coefficient (Wildman–Crippen LogP) is 2.59.